The zero-order chi connectivity index (χ0) is 16.9. The van der Waals surface area contributed by atoms with Crippen molar-refractivity contribution in [2.45, 2.75) is 18.1 Å². The smallest absolute Gasteiger partial charge is 0.237 e. The third kappa shape index (κ3) is 3.94. The zero-order valence-electron chi connectivity index (χ0n) is 12.9. The number of rotatable bonds is 4. The van der Waals surface area contributed by atoms with Crippen LogP contribution in [0.2, 0.25) is 0 Å². The molecule has 2 amide bonds. The Morgan fingerprint density at radius 3 is 2.79 bits per heavy atom. The van der Waals surface area contributed by atoms with Crippen molar-refractivity contribution in [1.82, 2.24) is 0 Å². The number of thioether (sulfide) groups is 1. The first-order chi connectivity index (χ1) is 11.6. The summed E-state index contributed by atoms with van der Waals surface area (Å²) in [6.07, 6.45) is 1.45. The van der Waals surface area contributed by atoms with Gasteiger partial charge in [0.2, 0.25) is 11.8 Å². The summed E-state index contributed by atoms with van der Waals surface area (Å²) in [5.41, 5.74) is 2.09. The molecule has 0 aliphatic carbocycles. The molecule has 1 unspecified atom stereocenters. The van der Waals surface area contributed by atoms with E-state index in [-0.39, 0.29) is 28.5 Å². The number of hydrogen-bond donors (Lipinski definition) is 2. The van der Waals surface area contributed by atoms with Crippen molar-refractivity contribution >= 4 is 35.0 Å². The molecule has 0 spiro atoms. The van der Waals surface area contributed by atoms with Gasteiger partial charge in [-0.1, -0.05) is 30.3 Å². The van der Waals surface area contributed by atoms with Gasteiger partial charge in [-0.15, -0.1) is 11.8 Å². The monoisotopic (exact) mass is 344 g/mol. The van der Waals surface area contributed by atoms with E-state index in [2.05, 4.69) is 10.6 Å². The Hall–Kier alpha value is -2.34. The van der Waals surface area contributed by atoms with Gasteiger partial charge >= 0.3 is 0 Å². The molecule has 0 radical (unpaired) electrons. The number of carbonyl (C=O) groups is 2. The fourth-order valence-electron chi connectivity index (χ4n) is 2.58. The Kier molecular flexibility index (Phi) is 5.15. The van der Waals surface area contributed by atoms with Crippen LogP contribution in [0.5, 0.6) is 0 Å². The van der Waals surface area contributed by atoms with Gasteiger partial charge in [0.25, 0.3) is 0 Å². The molecule has 1 aliphatic rings. The van der Waals surface area contributed by atoms with Crippen LogP contribution in [0.3, 0.4) is 0 Å². The third-order valence-electron chi connectivity index (χ3n) is 3.81. The van der Waals surface area contributed by atoms with Gasteiger partial charge in [0, 0.05) is 5.69 Å². The average molecular weight is 344 g/mol. The van der Waals surface area contributed by atoms with Gasteiger partial charge in [-0.05, 0) is 36.6 Å². The molecule has 0 aromatic heterocycles. The van der Waals surface area contributed by atoms with Crippen molar-refractivity contribution in [3.8, 4) is 0 Å². The quantitative estimate of drug-likeness (QED) is 0.893. The number of carbonyl (C=O) groups excluding carboxylic acids is 2. The van der Waals surface area contributed by atoms with Crippen LogP contribution in [0.4, 0.5) is 15.8 Å². The summed E-state index contributed by atoms with van der Waals surface area (Å²) < 4.78 is 13.5. The maximum absolute atomic E-state index is 13.5. The highest BCUT2D eigenvalue weighted by Crippen LogP contribution is 2.27. The molecule has 0 saturated heterocycles. The van der Waals surface area contributed by atoms with Crippen LogP contribution in [0, 0.1) is 5.82 Å². The molecule has 2 aromatic rings. The van der Waals surface area contributed by atoms with E-state index in [4.69, 9.17) is 0 Å². The van der Waals surface area contributed by atoms with Crippen LogP contribution in [-0.4, -0.2) is 22.8 Å². The molecule has 24 heavy (non-hydrogen) atoms. The second-order valence-corrected chi connectivity index (χ2v) is 6.70. The Morgan fingerprint density at radius 2 is 1.96 bits per heavy atom. The molecule has 0 bridgehead atoms. The van der Waals surface area contributed by atoms with E-state index >= 15 is 0 Å². The van der Waals surface area contributed by atoms with E-state index in [0.29, 0.717) is 6.42 Å². The molecule has 2 aromatic carbocycles. The number of para-hydroxylation sites is 2. The van der Waals surface area contributed by atoms with Gasteiger partial charge in [-0.3, -0.25) is 9.59 Å². The van der Waals surface area contributed by atoms with Crippen LogP contribution in [0.25, 0.3) is 0 Å². The number of hydrogen-bond acceptors (Lipinski definition) is 3. The van der Waals surface area contributed by atoms with Crippen LogP contribution in [0.15, 0.2) is 48.5 Å². The van der Waals surface area contributed by atoms with Crippen molar-refractivity contribution in [1.29, 1.82) is 0 Å². The SMILES string of the molecule is O=C(CSC1CCc2ccccc2NC1=O)Nc1ccccc1F. The lowest BCUT2D eigenvalue weighted by molar-refractivity contribution is -0.115. The summed E-state index contributed by atoms with van der Waals surface area (Å²) in [6, 6.07) is 13.7. The fourth-order valence-corrected chi connectivity index (χ4v) is 3.49. The summed E-state index contributed by atoms with van der Waals surface area (Å²) in [6.45, 7) is 0. The molecule has 124 valence electrons. The number of nitrogens with one attached hydrogen (secondary N) is 2. The summed E-state index contributed by atoms with van der Waals surface area (Å²) in [5.74, 6) is -0.787. The molecule has 0 fully saturated rings. The van der Waals surface area contributed by atoms with Crippen LogP contribution in [-0.2, 0) is 16.0 Å². The number of anilines is 2. The summed E-state index contributed by atoms with van der Waals surface area (Å²) in [7, 11) is 0. The van der Waals surface area contributed by atoms with Crippen molar-refractivity contribution in [3.63, 3.8) is 0 Å². The van der Waals surface area contributed by atoms with Crippen molar-refractivity contribution in [2.24, 2.45) is 0 Å². The van der Waals surface area contributed by atoms with E-state index in [9.17, 15) is 14.0 Å². The van der Waals surface area contributed by atoms with E-state index in [1.54, 1.807) is 12.1 Å². The predicted molar refractivity (Wildman–Crippen MR) is 94.7 cm³/mol. The van der Waals surface area contributed by atoms with E-state index in [1.807, 2.05) is 24.3 Å². The first-order valence-electron chi connectivity index (χ1n) is 7.68. The minimum Gasteiger partial charge on any atom is -0.325 e. The molecule has 1 aliphatic heterocycles. The minimum absolute atomic E-state index is 0.0939. The molecule has 1 heterocycles. The first kappa shape index (κ1) is 16.5. The summed E-state index contributed by atoms with van der Waals surface area (Å²) in [4.78, 5) is 24.3. The van der Waals surface area contributed by atoms with E-state index < -0.39 is 5.82 Å². The van der Waals surface area contributed by atoms with Crippen LogP contribution in [0.1, 0.15) is 12.0 Å². The molecule has 1 atom stereocenters. The minimum atomic E-state index is -0.474. The molecule has 3 rings (SSSR count). The topological polar surface area (TPSA) is 58.2 Å². The maximum Gasteiger partial charge on any atom is 0.237 e. The zero-order valence-corrected chi connectivity index (χ0v) is 13.7. The van der Waals surface area contributed by atoms with E-state index in [0.717, 1.165) is 17.7 Å². The number of benzene rings is 2. The molecule has 6 heteroatoms. The fraction of sp³-hybridized carbons (Fsp3) is 0.222. The van der Waals surface area contributed by atoms with Crippen LogP contribution >= 0.6 is 11.8 Å². The van der Waals surface area contributed by atoms with Gasteiger partial charge in [-0.2, -0.15) is 0 Å². The Labute approximate surface area is 143 Å². The average Bonchev–Trinajstić information content (AvgIpc) is 2.73. The van der Waals surface area contributed by atoms with Gasteiger partial charge in [0.15, 0.2) is 0 Å². The Bertz CT molecular complexity index is 766. The Morgan fingerprint density at radius 1 is 1.21 bits per heavy atom. The Balaban J connectivity index is 1.56. The number of fused-ring (bicyclic) bond motifs is 1. The second kappa shape index (κ2) is 7.49. The van der Waals surface area contributed by atoms with Gasteiger partial charge in [0.05, 0.1) is 16.7 Å². The maximum atomic E-state index is 13.5. The van der Waals surface area contributed by atoms with Gasteiger partial charge in [0.1, 0.15) is 5.82 Å². The molecule has 2 N–H and O–H groups in total. The lowest BCUT2D eigenvalue weighted by atomic mass is 10.1. The van der Waals surface area contributed by atoms with Gasteiger partial charge in [-0.25, -0.2) is 4.39 Å². The molecular weight excluding hydrogens is 327 g/mol. The number of amides is 2. The molecule has 4 nitrogen and oxygen atoms in total. The first-order valence-corrected chi connectivity index (χ1v) is 8.73. The highest BCUT2D eigenvalue weighted by Gasteiger charge is 2.24. The highest BCUT2D eigenvalue weighted by molar-refractivity contribution is 8.01. The van der Waals surface area contributed by atoms with Gasteiger partial charge < -0.3 is 10.6 Å². The van der Waals surface area contributed by atoms with Crippen molar-refractivity contribution in [3.05, 3.63) is 59.9 Å². The van der Waals surface area contributed by atoms with Crippen molar-refractivity contribution < 1.29 is 14.0 Å². The second-order valence-electron chi connectivity index (χ2n) is 5.51. The number of halogens is 1. The van der Waals surface area contributed by atoms with E-state index in [1.165, 1.54) is 23.9 Å². The largest absolute Gasteiger partial charge is 0.325 e. The normalized spacial score (nSPS) is 16.7. The molecule has 0 saturated carbocycles. The lowest BCUT2D eigenvalue weighted by Crippen LogP contribution is -2.26. The predicted octanol–water partition coefficient (Wildman–Crippen LogP) is 3.45. The number of aryl methyl sites for hydroxylation is 1. The third-order valence-corrected chi connectivity index (χ3v) is 5.09. The summed E-state index contributed by atoms with van der Waals surface area (Å²) >= 11 is 1.28. The standard InChI is InChI=1S/C18H17FN2O2S/c19-13-6-2-4-8-15(13)20-17(22)11-24-16-10-9-12-5-1-3-7-14(12)21-18(16)23/h1-8,16H,9-11H2,(H,20,22)(H,21,23). The summed E-state index contributed by atoms with van der Waals surface area (Å²) in [5, 5.41) is 5.13. The highest BCUT2D eigenvalue weighted by atomic mass is 32.2. The molecular formula is C18H17FN2O2S. The van der Waals surface area contributed by atoms with Crippen molar-refractivity contribution in [2.75, 3.05) is 16.4 Å². The van der Waals surface area contributed by atoms with Crippen LogP contribution < -0.4 is 10.6 Å². The lowest BCUT2D eigenvalue weighted by Gasteiger charge is -2.13.